The molecule has 0 unspecified atom stereocenters. The summed E-state index contributed by atoms with van der Waals surface area (Å²) in [5.74, 6) is 1.68. The predicted molar refractivity (Wildman–Crippen MR) is 169 cm³/mol. The highest BCUT2D eigenvalue weighted by molar-refractivity contribution is 9.10. The van der Waals surface area contributed by atoms with Gasteiger partial charge in [0.2, 0.25) is 0 Å². The van der Waals surface area contributed by atoms with Crippen molar-refractivity contribution in [2.45, 2.75) is 13.8 Å². The zero-order valence-electron chi connectivity index (χ0n) is 23.1. The first-order chi connectivity index (χ1) is 19.9. The smallest absolute Gasteiger partial charge is 0.190 e. The predicted octanol–water partition coefficient (Wildman–Crippen LogP) is 9.76. The fraction of sp³-hybridized carbons (Fsp3) is 0.118. The Hall–Kier alpha value is -4.98. The summed E-state index contributed by atoms with van der Waals surface area (Å²) in [6.45, 7) is 18.3. The van der Waals surface area contributed by atoms with E-state index in [4.69, 9.17) is 22.6 Å². The van der Waals surface area contributed by atoms with E-state index in [0.717, 1.165) is 60.3 Å². The molecule has 0 spiro atoms. The second-order valence-electron chi connectivity index (χ2n) is 9.51. The molecule has 2 heterocycles. The average molecular weight is 604 g/mol. The first-order valence-corrected chi connectivity index (χ1v) is 13.6. The minimum Gasteiger partial charge on any atom is -0.497 e. The van der Waals surface area contributed by atoms with Gasteiger partial charge in [-0.3, -0.25) is 0 Å². The second-order valence-corrected chi connectivity index (χ2v) is 10.4. The lowest BCUT2D eigenvalue weighted by Crippen LogP contribution is -1.92. The van der Waals surface area contributed by atoms with Crippen molar-refractivity contribution in [3.8, 4) is 22.9 Å². The van der Waals surface area contributed by atoms with Crippen LogP contribution < -0.4 is 9.47 Å². The normalized spacial score (nSPS) is 10.5. The number of aromatic nitrogens is 2. The standard InChI is InChI=1S/C17H13BrN2O.C17H14N2O/c1-11-8-17-14(9-16(11)19-2)15(18)10-20(17)12-4-6-13(21-3)7-5-12;1-12-10-17-13(11-16(12)18-2)8-9-19(17)14-4-6-15(20-3)7-5-14/h4-10H,1,3H3;4-11H,1,3H3. The molecule has 0 atom stereocenters. The molecule has 4 aromatic carbocycles. The number of hydrogen-bond donors (Lipinski definition) is 0. The number of halogens is 1. The molecule has 2 aromatic heterocycles. The van der Waals surface area contributed by atoms with Gasteiger partial charge in [0.15, 0.2) is 11.4 Å². The van der Waals surface area contributed by atoms with Gasteiger partial charge in [0, 0.05) is 33.6 Å². The summed E-state index contributed by atoms with van der Waals surface area (Å²) in [7, 11) is 3.32. The van der Waals surface area contributed by atoms with Gasteiger partial charge in [-0.1, -0.05) is 0 Å². The van der Waals surface area contributed by atoms with E-state index in [9.17, 15) is 0 Å². The van der Waals surface area contributed by atoms with Crippen LogP contribution in [0.2, 0.25) is 0 Å². The van der Waals surface area contributed by atoms with E-state index in [1.165, 1.54) is 0 Å². The van der Waals surface area contributed by atoms with Crippen molar-refractivity contribution in [2.75, 3.05) is 14.2 Å². The summed E-state index contributed by atoms with van der Waals surface area (Å²) in [5.41, 5.74) is 7.72. The van der Waals surface area contributed by atoms with Crippen molar-refractivity contribution >= 4 is 49.1 Å². The van der Waals surface area contributed by atoms with Crippen molar-refractivity contribution in [3.05, 3.63) is 130 Å². The number of hydrogen-bond acceptors (Lipinski definition) is 2. The largest absolute Gasteiger partial charge is 0.497 e. The monoisotopic (exact) mass is 602 g/mol. The van der Waals surface area contributed by atoms with E-state index in [1.54, 1.807) is 14.2 Å². The zero-order valence-corrected chi connectivity index (χ0v) is 24.7. The van der Waals surface area contributed by atoms with Crippen LogP contribution in [0.25, 0.3) is 42.9 Å². The fourth-order valence-electron chi connectivity index (χ4n) is 4.76. The molecule has 0 bridgehead atoms. The third-order valence-electron chi connectivity index (χ3n) is 7.02. The SMILES string of the molecule is [C-]#[N+]c1cc2c(Br)cn(-c3ccc(OC)cc3)c2cc1C.[C-]#[N+]c1cc2ccn(-c3ccc(OC)cc3)c2cc1C. The fourth-order valence-corrected chi connectivity index (χ4v) is 5.29. The van der Waals surface area contributed by atoms with E-state index in [0.29, 0.717) is 11.4 Å². The lowest BCUT2D eigenvalue weighted by atomic mass is 10.1. The summed E-state index contributed by atoms with van der Waals surface area (Å²) in [5, 5.41) is 2.12. The van der Waals surface area contributed by atoms with Crippen molar-refractivity contribution in [1.29, 1.82) is 0 Å². The molecule has 0 N–H and O–H groups in total. The van der Waals surface area contributed by atoms with Gasteiger partial charge < -0.3 is 18.6 Å². The van der Waals surface area contributed by atoms with Crippen LogP contribution in [-0.4, -0.2) is 23.4 Å². The van der Waals surface area contributed by atoms with E-state index in [1.807, 2.05) is 93.0 Å². The number of methoxy groups -OCH3 is 2. The maximum Gasteiger partial charge on any atom is 0.190 e. The van der Waals surface area contributed by atoms with Gasteiger partial charge in [-0.25, -0.2) is 9.69 Å². The third kappa shape index (κ3) is 5.41. The van der Waals surface area contributed by atoms with E-state index < -0.39 is 0 Å². The molecule has 0 saturated heterocycles. The third-order valence-corrected chi connectivity index (χ3v) is 7.66. The van der Waals surface area contributed by atoms with E-state index in [2.05, 4.69) is 46.9 Å². The maximum atomic E-state index is 7.23. The number of benzene rings is 4. The van der Waals surface area contributed by atoms with Crippen LogP contribution in [0.1, 0.15) is 11.1 Å². The zero-order chi connectivity index (χ0) is 29.1. The van der Waals surface area contributed by atoms with Crippen LogP contribution in [0.5, 0.6) is 11.5 Å². The Morgan fingerprint density at radius 1 is 0.659 bits per heavy atom. The van der Waals surface area contributed by atoms with E-state index in [-0.39, 0.29) is 0 Å². The first-order valence-electron chi connectivity index (χ1n) is 12.8. The van der Waals surface area contributed by atoms with Crippen LogP contribution in [0, 0.1) is 27.0 Å². The molecule has 0 saturated carbocycles. The Morgan fingerprint density at radius 3 is 1.71 bits per heavy atom. The van der Waals surface area contributed by atoms with Gasteiger partial charge in [0.1, 0.15) is 11.5 Å². The summed E-state index contributed by atoms with van der Waals surface area (Å²) >= 11 is 3.58. The molecular formula is C34H27BrN4O2. The maximum absolute atomic E-state index is 7.23. The van der Waals surface area contributed by atoms with Crippen molar-refractivity contribution in [3.63, 3.8) is 0 Å². The Kier molecular flexibility index (Phi) is 7.83. The lowest BCUT2D eigenvalue weighted by Gasteiger charge is -2.08. The van der Waals surface area contributed by atoms with Crippen LogP contribution in [0.15, 0.2) is 95.7 Å². The topological polar surface area (TPSA) is 37.0 Å². The van der Waals surface area contributed by atoms with Gasteiger partial charge >= 0.3 is 0 Å². The first kappa shape index (κ1) is 27.6. The summed E-state index contributed by atoms with van der Waals surface area (Å²) in [6, 6.07) is 25.9. The number of fused-ring (bicyclic) bond motifs is 2. The molecule has 202 valence electrons. The van der Waals surface area contributed by atoms with Crippen molar-refractivity contribution in [2.24, 2.45) is 0 Å². The van der Waals surface area contributed by atoms with Gasteiger partial charge in [0.05, 0.1) is 38.4 Å². The molecule has 0 aliphatic rings. The highest BCUT2D eigenvalue weighted by Gasteiger charge is 2.11. The molecule has 0 radical (unpaired) electrons. The molecule has 6 rings (SSSR count). The minimum absolute atomic E-state index is 0.690. The number of aryl methyl sites for hydroxylation is 2. The minimum atomic E-state index is 0.690. The Morgan fingerprint density at radius 2 is 1.17 bits per heavy atom. The molecule has 0 aliphatic heterocycles. The van der Waals surface area contributed by atoms with Crippen LogP contribution in [0.3, 0.4) is 0 Å². The van der Waals surface area contributed by atoms with Crippen molar-refractivity contribution < 1.29 is 9.47 Å². The van der Waals surface area contributed by atoms with Crippen LogP contribution in [-0.2, 0) is 0 Å². The van der Waals surface area contributed by atoms with Gasteiger partial charge in [-0.15, -0.1) is 0 Å². The summed E-state index contributed by atoms with van der Waals surface area (Å²) in [4.78, 5) is 7.12. The van der Waals surface area contributed by atoms with Gasteiger partial charge in [0.25, 0.3) is 0 Å². The molecule has 0 aliphatic carbocycles. The summed E-state index contributed by atoms with van der Waals surface area (Å²) < 4.78 is 15.6. The van der Waals surface area contributed by atoms with Gasteiger partial charge in [-0.05, 0) is 125 Å². The molecular weight excluding hydrogens is 576 g/mol. The highest BCUT2D eigenvalue weighted by Crippen LogP contribution is 2.34. The van der Waals surface area contributed by atoms with Gasteiger partial charge in [-0.2, -0.15) is 0 Å². The Balaban J connectivity index is 0.000000165. The number of nitrogens with zero attached hydrogens (tertiary/aromatic N) is 4. The number of ether oxygens (including phenoxy) is 2. The highest BCUT2D eigenvalue weighted by atomic mass is 79.9. The van der Waals surface area contributed by atoms with E-state index >= 15 is 0 Å². The molecule has 0 amide bonds. The summed E-state index contributed by atoms with van der Waals surface area (Å²) in [6.07, 6.45) is 4.05. The van der Waals surface area contributed by atoms with Crippen molar-refractivity contribution in [1.82, 2.24) is 9.13 Å². The number of rotatable bonds is 4. The van der Waals surface area contributed by atoms with Crippen LogP contribution in [0.4, 0.5) is 11.4 Å². The molecule has 6 aromatic rings. The lowest BCUT2D eigenvalue weighted by molar-refractivity contribution is 0.414. The quantitative estimate of drug-likeness (QED) is 0.188. The second kappa shape index (κ2) is 11.6. The molecule has 6 nitrogen and oxygen atoms in total. The molecule has 7 heteroatoms. The molecule has 41 heavy (non-hydrogen) atoms. The molecule has 0 fully saturated rings. The van der Waals surface area contributed by atoms with Crippen LogP contribution >= 0.6 is 15.9 Å². The average Bonchev–Trinajstić information content (AvgIpc) is 3.56. The Labute approximate surface area is 247 Å². The Bertz CT molecular complexity index is 1950.